The van der Waals surface area contributed by atoms with E-state index in [0.717, 1.165) is 24.3 Å². The summed E-state index contributed by atoms with van der Waals surface area (Å²) in [6, 6.07) is 10.5. The third kappa shape index (κ3) is 5.01. The van der Waals surface area contributed by atoms with Crippen molar-refractivity contribution in [1.29, 1.82) is 0 Å². The van der Waals surface area contributed by atoms with Crippen molar-refractivity contribution < 1.29 is 27.6 Å². The zero-order valence-electron chi connectivity index (χ0n) is 15.0. The molecule has 1 atom stereocenters. The first-order valence-corrected chi connectivity index (χ1v) is 9.27. The van der Waals surface area contributed by atoms with E-state index >= 15 is 0 Å². The topological polar surface area (TPSA) is 117 Å². The van der Waals surface area contributed by atoms with Gasteiger partial charge in [-0.25, -0.2) is 8.42 Å². The Hall–Kier alpha value is -2.53. The minimum atomic E-state index is -4.01. The molecule has 1 unspecified atom stereocenters. The largest absolute Gasteiger partial charge is 0.497 e. The number of sulfonamides is 1. The van der Waals surface area contributed by atoms with E-state index in [4.69, 9.17) is 14.2 Å². The smallest absolute Gasteiger partial charge is 0.269 e. The highest BCUT2D eigenvalue weighted by atomic mass is 32.2. The molecular weight excluding hydrogens is 376 g/mol. The van der Waals surface area contributed by atoms with Gasteiger partial charge in [0.05, 0.1) is 23.0 Å². The van der Waals surface area contributed by atoms with E-state index in [1.165, 1.54) is 21.3 Å². The van der Waals surface area contributed by atoms with Crippen LogP contribution in [0.15, 0.2) is 53.4 Å². The number of nitrogens with zero attached hydrogens (tertiary/aromatic N) is 1. The zero-order chi connectivity index (χ0) is 20.0. The van der Waals surface area contributed by atoms with Crippen molar-refractivity contribution in [2.45, 2.75) is 17.2 Å². The maximum absolute atomic E-state index is 12.8. The molecule has 0 bridgehead atoms. The molecule has 0 heterocycles. The molecule has 0 fully saturated rings. The standard InChI is InChI=1S/C17H20N2O7S/c1-24-14-6-4-5-12(11-14)16(17(25-2)26-3)18-27(22,23)15-9-7-13(8-10-15)19(20)21/h4-11,16-18H,1-3H3. The fraction of sp³-hybridized carbons (Fsp3) is 0.294. The van der Waals surface area contributed by atoms with Crippen LogP contribution in [0.3, 0.4) is 0 Å². The molecule has 2 aromatic rings. The van der Waals surface area contributed by atoms with E-state index in [1.54, 1.807) is 24.3 Å². The summed E-state index contributed by atoms with van der Waals surface area (Å²) in [7, 11) is 0.272. The molecule has 27 heavy (non-hydrogen) atoms. The molecule has 1 N–H and O–H groups in total. The predicted molar refractivity (Wildman–Crippen MR) is 97.0 cm³/mol. The average molecular weight is 396 g/mol. The first kappa shape index (κ1) is 20.8. The Morgan fingerprint density at radius 1 is 1.04 bits per heavy atom. The summed E-state index contributed by atoms with van der Waals surface area (Å²) in [4.78, 5) is 10.0. The lowest BCUT2D eigenvalue weighted by Gasteiger charge is -2.26. The van der Waals surface area contributed by atoms with Gasteiger partial charge in [0.15, 0.2) is 6.29 Å². The average Bonchev–Trinajstić information content (AvgIpc) is 2.68. The minimum Gasteiger partial charge on any atom is -0.497 e. The minimum absolute atomic E-state index is 0.119. The monoisotopic (exact) mass is 396 g/mol. The van der Waals surface area contributed by atoms with Crippen LogP contribution in [0.25, 0.3) is 0 Å². The maximum Gasteiger partial charge on any atom is 0.269 e. The molecule has 10 heteroatoms. The normalized spacial score (nSPS) is 12.7. The van der Waals surface area contributed by atoms with Crippen molar-refractivity contribution in [3.05, 3.63) is 64.2 Å². The van der Waals surface area contributed by atoms with E-state index in [-0.39, 0.29) is 10.6 Å². The third-order valence-electron chi connectivity index (χ3n) is 3.83. The zero-order valence-corrected chi connectivity index (χ0v) is 15.8. The van der Waals surface area contributed by atoms with Gasteiger partial charge in [0.1, 0.15) is 5.75 Å². The molecule has 2 aromatic carbocycles. The lowest BCUT2D eigenvalue weighted by molar-refractivity contribution is -0.384. The second-order valence-corrected chi connectivity index (χ2v) is 7.18. The molecule has 0 aromatic heterocycles. The molecule has 0 aliphatic heterocycles. The molecular formula is C17H20N2O7S. The first-order valence-electron chi connectivity index (χ1n) is 7.78. The van der Waals surface area contributed by atoms with Gasteiger partial charge in [-0.3, -0.25) is 10.1 Å². The SMILES string of the molecule is COc1cccc(C(NS(=O)(=O)c2ccc([N+](=O)[O-])cc2)C(OC)OC)c1. The van der Waals surface area contributed by atoms with Gasteiger partial charge in [-0.2, -0.15) is 4.72 Å². The van der Waals surface area contributed by atoms with Gasteiger partial charge in [-0.15, -0.1) is 0 Å². The Bertz CT molecular complexity index is 880. The van der Waals surface area contributed by atoms with Gasteiger partial charge in [0.25, 0.3) is 5.69 Å². The third-order valence-corrected chi connectivity index (χ3v) is 5.29. The van der Waals surface area contributed by atoms with Gasteiger partial charge < -0.3 is 14.2 Å². The van der Waals surface area contributed by atoms with E-state index < -0.39 is 27.3 Å². The molecule has 9 nitrogen and oxygen atoms in total. The number of ether oxygens (including phenoxy) is 3. The number of hydrogen-bond donors (Lipinski definition) is 1. The van der Waals surface area contributed by atoms with E-state index in [1.807, 2.05) is 0 Å². The number of rotatable bonds is 9. The molecule has 0 amide bonds. The molecule has 0 aliphatic rings. The highest BCUT2D eigenvalue weighted by Gasteiger charge is 2.29. The van der Waals surface area contributed by atoms with Crippen LogP contribution in [0, 0.1) is 10.1 Å². The maximum atomic E-state index is 12.8. The van der Waals surface area contributed by atoms with Crippen LogP contribution in [-0.4, -0.2) is 41.0 Å². The van der Waals surface area contributed by atoms with E-state index in [2.05, 4.69) is 4.72 Å². The Kier molecular flexibility index (Phi) is 6.86. The Morgan fingerprint density at radius 2 is 1.67 bits per heavy atom. The lowest BCUT2D eigenvalue weighted by Crippen LogP contribution is -2.38. The second kappa shape index (κ2) is 8.91. The summed E-state index contributed by atoms with van der Waals surface area (Å²) in [5.41, 5.74) is 0.360. The molecule has 2 rings (SSSR count). The number of nitrogens with one attached hydrogen (secondary N) is 1. The van der Waals surface area contributed by atoms with Crippen molar-refractivity contribution in [3.8, 4) is 5.75 Å². The number of nitro benzene ring substituents is 1. The van der Waals surface area contributed by atoms with Crippen molar-refractivity contribution in [2.24, 2.45) is 0 Å². The van der Waals surface area contributed by atoms with Crippen LogP contribution in [0.1, 0.15) is 11.6 Å². The van der Waals surface area contributed by atoms with E-state index in [0.29, 0.717) is 11.3 Å². The van der Waals surface area contributed by atoms with Crippen molar-refractivity contribution in [3.63, 3.8) is 0 Å². The Balaban J connectivity index is 2.39. The van der Waals surface area contributed by atoms with Gasteiger partial charge in [-0.05, 0) is 29.8 Å². The lowest BCUT2D eigenvalue weighted by atomic mass is 10.1. The van der Waals surface area contributed by atoms with Crippen LogP contribution in [0.2, 0.25) is 0 Å². The summed E-state index contributed by atoms with van der Waals surface area (Å²) in [5, 5.41) is 10.7. The fourth-order valence-corrected chi connectivity index (χ4v) is 3.68. The highest BCUT2D eigenvalue weighted by molar-refractivity contribution is 7.89. The second-order valence-electron chi connectivity index (χ2n) is 5.47. The van der Waals surface area contributed by atoms with Crippen molar-refractivity contribution in [1.82, 2.24) is 4.72 Å². The van der Waals surface area contributed by atoms with Crippen LogP contribution in [0.4, 0.5) is 5.69 Å². The van der Waals surface area contributed by atoms with Gasteiger partial charge in [0.2, 0.25) is 10.0 Å². The summed E-state index contributed by atoms with van der Waals surface area (Å²) in [6.07, 6.45) is -0.912. The van der Waals surface area contributed by atoms with Crippen molar-refractivity contribution >= 4 is 15.7 Å². The Labute approximate surface area is 157 Å². The van der Waals surface area contributed by atoms with Gasteiger partial charge in [0, 0.05) is 26.4 Å². The number of hydrogen-bond acceptors (Lipinski definition) is 7. The van der Waals surface area contributed by atoms with Crippen LogP contribution >= 0.6 is 0 Å². The molecule has 0 saturated heterocycles. The number of nitro groups is 1. The van der Waals surface area contributed by atoms with Gasteiger partial charge >= 0.3 is 0 Å². The van der Waals surface area contributed by atoms with Crippen molar-refractivity contribution in [2.75, 3.05) is 21.3 Å². The van der Waals surface area contributed by atoms with E-state index in [9.17, 15) is 18.5 Å². The first-order chi connectivity index (χ1) is 12.8. The highest BCUT2D eigenvalue weighted by Crippen LogP contribution is 2.26. The quantitative estimate of drug-likeness (QED) is 0.392. The number of non-ortho nitro benzene ring substituents is 1. The summed E-state index contributed by atoms with van der Waals surface area (Å²) >= 11 is 0. The number of methoxy groups -OCH3 is 3. The van der Waals surface area contributed by atoms with Crippen LogP contribution in [0.5, 0.6) is 5.75 Å². The van der Waals surface area contributed by atoms with Crippen LogP contribution in [-0.2, 0) is 19.5 Å². The molecule has 146 valence electrons. The predicted octanol–water partition coefficient (Wildman–Crippen LogP) is 2.24. The van der Waals surface area contributed by atoms with Gasteiger partial charge in [-0.1, -0.05) is 12.1 Å². The summed E-state index contributed by atoms with van der Waals surface area (Å²) < 4.78 is 43.7. The molecule has 0 aliphatic carbocycles. The molecule has 0 spiro atoms. The molecule has 0 radical (unpaired) electrons. The van der Waals surface area contributed by atoms with Crippen LogP contribution < -0.4 is 9.46 Å². The number of benzene rings is 2. The fourth-order valence-electron chi connectivity index (χ4n) is 2.47. The molecule has 0 saturated carbocycles. The summed E-state index contributed by atoms with van der Waals surface area (Å²) in [6.45, 7) is 0. The Morgan fingerprint density at radius 3 is 2.19 bits per heavy atom. The summed E-state index contributed by atoms with van der Waals surface area (Å²) in [5.74, 6) is 0.540.